The summed E-state index contributed by atoms with van der Waals surface area (Å²) in [5, 5.41) is 9.23. The van der Waals surface area contributed by atoms with Crippen molar-refractivity contribution in [1.82, 2.24) is 0 Å². The fourth-order valence-corrected chi connectivity index (χ4v) is 6.28. The van der Waals surface area contributed by atoms with Gasteiger partial charge in [-0.2, -0.15) is 0 Å². The first-order chi connectivity index (χ1) is 10.6. The van der Waals surface area contributed by atoms with Crippen LogP contribution in [0.4, 0.5) is 0 Å². The quantitative estimate of drug-likeness (QED) is 0.611. The highest BCUT2D eigenvalue weighted by molar-refractivity contribution is 5.33. The summed E-state index contributed by atoms with van der Waals surface area (Å²) in [4.78, 5) is 0. The average Bonchev–Trinajstić information content (AvgIpc) is 3.14. The number of allylic oxidation sites excluding steroid dienone is 4. The average molecular weight is 317 g/mol. The molecule has 6 atom stereocenters. The summed E-state index contributed by atoms with van der Waals surface area (Å²) in [6.07, 6.45) is 5.39. The number of hydrogen-bond acceptors (Lipinski definition) is 1. The molecule has 130 valence electrons. The molecule has 23 heavy (non-hydrogen) atoms. The van der Waals surface area contributed by atoms with Crippen molar-refractivity contribution < 1.29 is 5.11 Å². The van der Waals surface area contributed by atoms with Crippen molar-refractivity contribution >= 4 is 0 Å². The SMILES string of the molecule is CC1=C(C)C2(C)CC1CC2C.CC1=C(C)C2(C)CC1CC2CO. The van der Waals surface area contributed by atoms with Crippen LogP contribution in [0.25, 0.3) is 0 Å². The molecule has 4 rings (SSSR count). The number of hydrogen-bond donors (Lipinski definition) is 1. The Kier molecular flexibility index (Phi) is 4.11. The topological polar surface area (TPSA) is 20.2 Å². The van der Waals surface area contributed by atoms with Gasteiger partial charge in [0.1, 0.15) is 0 Å². The van der Waals surface area contributed by atoms with Gasteiger partial charge >= 0.3 is 0 Å². The van der Waals surface area contributed by atoms with Crippen LogP contribution in [0, 0.1) is 34.5 Å². The van der Waals surface area contributed by atoms with E-state index in [1.54, 1.807) is 22.3 Å². The van der Waals surface area contributed by atoms with Crippen LogP contribution in [0.3, 0.4) is 0 Å². The van der Waals surface area contributed by atoms with Gasteiger partial charge in [0.15, 0.2) is 0 Å². The smallest absolute Gasteiger partial charge is 0.0467 e. The van der Waals surface area contributed by atoms with Gasteiger partial charge in [0, 0.05) is 6.61 Å². The molecule has 0 aromatic heterocycles. The van der Waals surface area contributed by atoms with Gasteiger partial charge in [0.2, 0.25) is 0 Å². The van der Waals surface area contributed by atoms with Gasteiger partial charge in [-0.1, -0.05) is 43.1 Å². The molecule has 0 aliphatic heterocycles. The van der Waals surface area contributed by atoms with E-state index in [1.165, 1.54) is 25.7 Å². The fraction of sp³-hybridized carbons (Fsp3) is 0.818. The molecule has 0 amide bonds. The fourth-order valence-electron chi connectivity index (χ4n) is 6.28. The van der Waals surface area contributed by atoms with Crippen molar-refractivity contribution in [3.05, 3.63) is 22.3 Å². The van der Waals surface area contributed by atoms with E-state index in [0.29, 0.717) is 23.4 Å². The van der Waals surface area contributed by atoms with Crippen LogP contribution in [0.1, 0.15) is 74.1 Å². The van der Waals surface area contributed by atoms with E-state index >= 15 is 0 Å². The van der Waals surface area contributed by atoms with Gasteiger partial charge in [-0.25, -0.2) is 0 Å². The molecule has 4 aliphatic carbocycles. The van der Waals surface area contributed by atoms with E-state index in [1.807, 2.05) is 0 Å². The van der Waals surface area contributed by atoms with Gasteiger partial charge in [0.05, 0.1) is 0 Å². The zero-order valence-electron chi connectivity index (χ0n) is 16.3. The first kappa shape index (κ1) is 17.3. The Morgan fingerprint density at radius 1 is 0.870 bits per heavy atom. The van der Waals surface area contributed by atoms with Gasteiger partial charge in [-0.3, -0.25) is 0 Å². The second-order valence-corrected chi connectivity index (χ2v) is 9.51. The van der Waals surface area contributed by atoms with E-state index in [9.17, 15) is 5.11 Å². The number of aliphatic hydroxyl groups excluding tert-OH is 1. The molecule has 0 saturated heterocycles. The maximum Gasteiger partial charge on any atom is 0.0467 e. The van der Waals surface area contributed by atoms with Crippen LogP contribution < -0.4 is 0 Å². The molecule has 0 heterocycles. The Labute approximate surface area is 143 Å². The Morgan fingerprint density at radius 3 is 1.70 bits per heavy atom. The minimum absolute atomic E-state index is 0.337. The van der Waals surface area contributed by atoms with Crippen molar-refractivity contribution in [2.24, 2.45) is 34.5 Å². The zero-order chi connectivity index (χ0) is 17.2. The number of rotatable bonds is 1. The zero-order valence-corrected chi connectivity index (χ0v) is 16.3. The second-order valence-electron chi connectivity index (χ2n) is 9.51. The maximum absolute atomic E-state index is 9.23. The van der Waals surface area contributed by atoms with Gasteiger partial charge < -0.3 is 5.11 Å². The Hall–Kier alpha value is -0.560. The van der Waals surface area contributed by atoms with Gasteiger partial charge in [-0.05, 0) is 87.9 Å². The molecule has 6 unspecified atom stereocenters. The molecule has 0 aromatic rings. The third-order valence-corrected chi connectivity index (χ3v) is 8.88. The van der Waals surface area contributed by atoms with Gasteiger partial charge in [0.25, 0.3) is 0 Å². The summed E-state index contributed by atoms with van der Waals surface area (Å²) in [5.41, 5.74) is 7.46. The highest BCUT2D eigenvalue weighted by Crippen LogP contribution is 2.60. The lowest BCUT2D eigenvalue weighted by atomic mass is 9.74. The monoisotopic (exact) mass is 316 g/mol. The largest absolute Gasteiger partial charge is 0.396 e. The molecule has 1 N–H and O–H groups in total. The highest BCUT2D eigenvalue weighted by atomic mass is 16.3. The molecule has 0 aromatic carbocycles. The summed E-state index contributed by atoms with van der Waals surface area (Å²) in [6, 6.07) is 0. The minimum atomic E-state index is 0.337. The van der Waals surface area contributed by atoms with Crippen LogP contribution in [-0.4, -0.2) is 11.7 Å². The van der Waals surface area contributed by atoms with Crippen molar-refractivity contribution in [3.63, 3.8) is 0 Å². The van der Waals surface area contributed by atoms with Crippen LogP contribution in [0.2, 0.25) is 0 Å². The van der Waals surface area contributed by atoms with Crippen LogP contribution in [0.5, 0.6) is 0 Å². The number of aliphatic hydroxyl groups is 1. The summed E-state index contributed by atoms with van der Waals surface area (Å²) >= 11 is 0. The van der Waals surface area contributed by atoms with Crippen molar-refractivity contribution in [2.75, 3.05) is 6.61 Å². The summed E-state index contributed by atoms with van der Waals surface area (Å²) in [6.45, 7) is 16.7. The lowest BCUT2D eigenvalue weighted by molar-refractivity contribution is 0.155. The van der Waals surface area contributed by atoms with Crippen molar-refractivity contribution in [3.8, 4) is 0 Å². The van der Waals surface area contributed by atoms with Crippen LogP contribution in [0.15, 0.2) is 22.3 Å². The van der Waals surface area contributed by atoms with Crippen molar-refractivity contribution in [1.29, 1.82) is 0 Å². The molecule has 0 radical (unpaired) electrons. The molecule has 4 bridgehead atoms. The standard InChI is InChI=1S/C11H18O.C11H18/c1-7-8(2)11(3)5-9(7)4-10(11)6-12;1-7-5-10-6-11(7,4)9(3)8(10)2/h9-10,12H,4-6H2,1-3H3;7,10H,5-6H2,1-4H3. The highest BCUT2D eigenvalue weighted by Gasteiger charge is 2.50. The molecule has 2 fully saturated rings. The Balaban J connectivity index is 0.000000136. The molecule has 4 aliphatic rings. The number of fused-ring (bicyclic) bond motifs is 4. The first-order valence-electron chi connectivity index (χ1n) is 9.61. The first-order valence-corrected chi connectivity index (χ1v) is 9.61. The summed E-state index contributed by atoms with van der Waals surface area (Å²) < 4.78 is 0. The van der Waals surface area contributed by atoms with Crippen LogP contribution in [-0.2, 0) is 0 Å². The van der Waals surface area contributed by atoms with E-state index in [0.717, 1.165) is 17.8 Å². The van der Waals surface area contributed by atoms with Crippen molar-refractivity contribution in [2.45, 2.75) is 74.1 Å². The normalized spacial score (nSPS) is 47.5. The predicted octanol–water partition coefficient (Wildman–Crippen LogP) is 5.75. The molecule has 1 heteroatoms. The molecule has 2 saturated carbocycles. The second kappa shape index (κ2) is 5.48. The van der Waals surface area contributed by atoms with E-state index in [4.69, 9.17) is 0 Å². The lowest BCUT2D eigenvalue weighted by Crippen LogP contribution is -2.26. The summed E-state index contributed by atoms with van der Waals surface area (Å²) in [7, 11) is 0. The van der Waals surface area contributed by atoms with E-state index in [-0.39, 0.29) is 0 Å². The Bertz CT molecular complexity index is 569. The molecular formula is C22H36O. The lowest BCUT2D eigenvalue weighted by Gasteiger charge is -2.32. The van der Waals surface area contributed by atoms with E-state index < -0.39 is 0 Å². The summed E-state index contributed by atoms with van der Waals surface area (Å²) in [5.74, 6) is 3.18. The third kappa shape index (κ3) is 2.29. The minimum Gasteiger partial charge on any atom is -0.396 e. The van der Waals surface area contributed by atoms with Crippen LogP contribution >= 0.6 is 0 Å². The maximum atomic E-state index is 9.23. The Morgan fingerprint density at radius 2 is 1.35 bits per heavy atom. The molecular weight excluding hydrogens is 280 g/mol. The van der Waals surface area contributed by atoms with E-state index in [2.05, 4.69) is 48.5 Å². The molecule has 0 spiro atoms. The predicted molar refractivity (Wildman–Crippen MR) is 98.1 cm³/mol. The molecule has 1 nitrogen and oxygen atoms in total. The third-order valence-electron chi connectivity index (χ3n) is 8.88. The van der Waals surface area contributed by atoms with Gasteiger partial charge in [-0.15, -0.1) is 0 Å².